The zero-order valence-corrected chi connectivity index (χ0v) is 12.4. The molecule has 0 aliphatic rings. The molecule has 4 nitrogen and oxygen atoms in total. The predicted molar refractivity (Wildman–Crippen MR) is 82.9 cm³/mol. The summed E-state index contributed by atoms with van der Waals surface area (Å²) in [6.07, 6.45) is 1.77. The van der Waals surface area contributed by atoms with Crippen molar-refractivity contribution < 1.29 is 9.90 Å². The van der Waals surface area contributed by atoms with Gasteiger partial charge < -0.3 is 5.11 Å². The topological polar surface area (TPSA) is 53.4 Å². The summed E-state index contributed by atoms with van der Waals surface area (Å²) in [6.45, 7) is 4.67. The standard InChI is InChI=1S/C17H20N2O2/c1-13(2)19(12-17(20)21)11-14-6-5-7-15(10-14)16-8-3-4-9-18-16/h3-10,13H,11-12H2,1-2H3,(H,20,21). The van der Waals surface area contributed by atoms with Crippen molar-refractivity contribution in [3.05, 3.63) is 54.2 Å². The second kappa shape index (κ2) is 6.99. The lowest BCUT2D eigenvalue weighted by Crippen LogP contribution is -2.35. The Morgan fingerprint density at radius 1 is 1.24 bits per heavy atom. The number of carboxylic acids is 1. The van der Waals surface area contributed by atoms with E-state index in [4.69, 9.17) is 5.11 Å². The van der Waals surface area contributed by atoms with Crippen LogP contribution in [0.25, 0.3) is 11.3 Å². The SMILES string of the molecule is CC(C)N(CC(=O)O)Cc1cccc(-c2ccccn2)c1. The van der Waals surface area contributed by atoms with E-state index in [0.29, 0.717) is 6.54 Å². The van der Waals surface area contributed by atoms with E-state index in [-0.39, 0.29) is 12.6 Å². The number of carbonyl (C=O) groups is 1. The summed E-state index contributed by atoms with van der Waals surface area (Å²) in [7, 11) is 0. The highest BCUT2D eigenvalue weighted by atomic mass is 16.4. The molecule has 0 atom stereocenters. The van der Waals surface area contributed by atoms with E-state index in [0.717, 1.165) is 16.8 Å². The van der Waals surface area contributed by atoms with Gasteiger partial charge >= 0.3 is 5.97 Å². The second-order valence-corrected chi connectivity index (χ2v) is 5.31. The third-order valence-electron chi connectivity index (χ3n) is 3.34. The van der Waals surface area contributed by atoms with Crippen LogP contribution in [-0.2, 0) is 11.3 Å². The van der Waals surface area contributed by atoms with Crippen molar-refractivity contribution in [1.82, 2.24) is 9.88 Å². The number of hydrogen-bond donors (Lipinski definition) is 1. The zero-order valence-electron chi connectivity index (χ0n) is 12.4. The molecule has 1 aromatic heterocycles. The molecule has 0 saturated heterocycles. The molecule has 0 aliphatic carbocycles. The smallest absolute Gasteiger partial charge is 0.317 e. The van der Waals surface area contributed by atoms with Crippen LogP contribution in [0, 0.1) is 0 Å². The molecule has 1 N–H and O–H groups in total. The van der Waals surface area contributed by atoms with Crippen molar-refractivity contribution in [3.8, 4) is 11.3 Å². The molecule has 4 heteroatoms. The summed E-state index contributed by atoms with van der Waals surface area (Å²) in [4.78, 5) is 17.2. The molecule has 1 heterocycles. The molecule has 0 saturated carbocycles. The molecular weight excluding hydrogens is 264 g/mol. The van der Waals surface area contributed by atoms with Crippen molar-refractivity contribution >= 4 is 5.97 Å². The van der Waals surface area contributed by atoms with Crippen LogP contribution in [0.4, 0.5) is 0 Å². The van der Waals surface area contributed by atoms with E-state index in [1.807, 2.05) is 55.1 Å². The third kappa shape index (κ3) is 4.39. The zero-order chi connectivity index (χ0) is 15.2. The molecule has 0 spiro atoms. The van der Waals surface area contributed by atoms with Gasteiger partial charge in [0, 0.05) is 24.3 Å². The molecule has 0 bridgehead atoms. The van der Waals surface area contributed by atoms with E-state index >= 15 is 0 Å². The van der Waals surface area contributed by atoms with Crippen molar-refractivity contribution in [2.24, 2.45) is 0 Å². The van der Waals surface area contributed by atoms with Crippen molar-refractivity contribution in [1.29, 1.82) is 0 Å². The van der Waals surface area contributed by atoms with Crippen molar-refractivity contribution in [2.45, 2.75) is 26.4 Å². The molecule has 0 unspecified atom stereocenters. The number of hydrogen-bond acceptors (Lipinski definition) is 3. The maximum Gasteiger partial charge on any atom is 0.317 e. The Labute approximate surface area is 125 Å². The average Bonchev–Trinajstić information content (AvgIpc) is 2.47. The Bertz CT molecular complexity index is 597. The Hall–Kier alpha value is -2.20. The predicted octanol–water partition coefficient (Wildman–Crippen LogP) is 3.04. The maximum atomic E-state index is 10.9. The van der Waals surface area contributed by atoms with Crippen molar-refractivity contribution in [2.75, 3.05) is 6.54 Å². The lowest BCUT2D eigenvalue weighted by molar-refractivity contribution is -0.138. The van der Waals surface area contributed by atoms with Crippen LogP contribution < -0.4 is 0 Å². The number of carboxylic acid groups (broad SMARTS) is 1. The Morgan fingerprint density at radius 3 is 2.67 bits per heavy atom. The number of aromatic nitrogens is 1. The first-order chi connectivity index (χ1) is 10.1. The highest BCUT2D eigenvalue weighted by molar-refractivity contribution is 5.69. The molecular formula is C17H20N2O2. The second-order valence-electron chi connectivity index (χ2n) is 5.31. The van der Waals surface area contributed by atoms with E-state index in [1.54, 1.807) is 6.20 Å². The van der Waals surface area contributed by atoms with Crippen LogP contribution in [0.1, 0.15) is 19.4 Å². The minimum atomic E-state index is -0.801. The van der Waals surface area contributed by atoms with E-state index in [9.17, 15) is 4.79 Å². The van der Waals surface area contributed by atoms with E-state index in [1.165, 1.54) is 0 Å². The van der Waals surface area contributed by atoms with Crippen LogP contribution in [0.3, 0.4) is 0 Å². The summed E-state index contributed by atoms with van der Waals surface area (Å²) in [5, 5.41) is 8.99. The lowest BCUT2D eigenvalue weighted by Gasteiger charge is -2.24. The van der Waals surface area contributed by atoms with Gasteiger partial charge in [0.2, 0.25) is 0 Å². The number of nitrogens with zero attached hydrogens (tertiary/aromatic N) is 2. The minimum Gasteiger partial charge on any atom is -0.480 e. The van der Waals surface area contributed by atoms with Crippen molar-refractivity contribution in [3.63, 3.8) is 0 Å². The first-order valence-electron chi connectivity index (χ1n) is 7.02. The van der Waals surface area contributed by atoms with Gasteiger partial charge in [-0.25, -0.2) is 0 Å². The van der Waals surface area contributed by atoms with E-state index in [2.05, 4.69) is 11.1 Å². The normalized spacial score (nSPS) is 11.0. The Balaban J connectivity index is 2.19. The summed E-state index contributed by atoms with van der Waals surface area (Å²) in [5.74, 6) is -0.801. The molecule has 0 amide bonds. The number of benzene rings is 1. The molecule has 0 fully saturated rings. The number of pyridine rings is 1. The fraction of sp³-hybridized carbons (Fsp3) is 0.294. The fourth-order valence-corrected chi connectivity index (χ4v) is 2.19. The van der Waals surface area contributed by atoms with Gasteiger partial charge in [-0.15, -0.1) is 0 Å². The highest BCUT2D eigenvalue weighted by Gasteiger charge is 2.14. The highest BCUT2D eigenvalue weighted by Crippen LogP contribution is 2.19. The third-order valence-corrected chi connectivity index (χ3v) is 3.34. The molecule has 1 aromatic carbocycles. The number of rotatable bonds is 6. The van der Waals surface area contributed by atoms with Gasteiger partial charge in [0.15, 0.2) is 0 Å². The first-order valence-corrected chi connectivity index (χ1v) is 7.02. The average molecular weight is 284 g/mol. The largest absolute Gasteiger partial charge is 0.480 e. The number of aliphatic carboxylic acids is 1. The molecule has 21 heavy (non-hydrogen) atoms. The van der Waals surface area contributed by atoms with Crippen LogP contribution in [-0.4, -0.2) is 33.5 Å². The molecule has 110 valence electrons. The van der Waals surface area contributed by atoms with Gasteiger partial charge in [-0.05, 0) is 37.6 Å². The summed E-state index contributed by atoms with van der Waals surface area (Å²) < 4.78 is 0. The Kier molecular flexibility index (Phi) is 5.06. The Morgan fingerprint density at radius 2 is 2.05 bits per heavy atom. The molecule has 0 radical (unpaired) electrons. The molecule has 2 rings (SSSR count). The summed E-state index contributed by atoms with van der Waals surface area (Å²) in [5.41, 5.74) is 3.06. The minimum absolute atomic E-state index is 0.0471. The molecule has 2 aromatic rings. The van der Waals surface area contributed by atoms with Crippen LogP contribution >= 0.6 is 0 Å². The van der Waals surface area contributed by atoms with Crippen LogP contribution in [0.15, 0.2) is 48.7 Å². The van der Waals surface area contributed by atoms with Gasteiger partial charge in [0.1, 0.15) is 0 Å². The molecule has 0 aliphatic heterocycles. The maximum absolute atomic E-state index is 10.9. The quantitative estimate of drug-likeness (QED) is 0.886. The van der Waals surface area contributed by atoms with Gasteiger partial charge in [-0.3, -0.25) is 14.7 Å². The van der Waals surface area contributed by atoms with Gasteiger partial charge in [0.25, 0.3) is 0 Å². The lowest BCUT2D eigenvalue weighted by atomic mass is 10.1. The van der Waals surface area contributed by atoms with Gasteiger partial charge in [-0.2, -0.15) is 0 Å². The fourth-order valence-electron chi connectivity index (χ4n) is 2.19. The van der Waals surface area contributed by atoms with Gasteiger partial charge in [-0.1, -0.05) is 24.3 Å². The van der Waals surface area contributed by atoms with E-state index < -0.39 is 5.97 Å². The van der Waals surface area contributed by atoms with Crippen LogP contribution in [0.5, 0.6) is 0 Å². The summed E-state index contributed by atoms with van der Waals surface area (Å²) in [6, 6.07) is 14.1. The summed E-state index contributed by atoms with van der Waals surface area (Å²) >= 11 is 0. The monoisotopic (exact) mass is 284 g/mol. The van der Waals surface area contributed by atoms with Crippen LogP contribution in [0.2, 0.25) is 0 Å². The van der Waals surface area contributed by atoms with Gasteiger partial charge in [0.05, 0.1) is 12.2 Å². The first kappa shape index (κ1) is 15.2.